The van der Waals surface area contributed by atoms with Gasteiger partial charge in [0, 0.05) is 12.1 Å². The molecule has 0 aliphatic rings. The van der Waals surface area contributed by atoms with E-state index in [1.54, 1.807) is 12.1 Å². The van der Waals surface area contributed by atoms with Crippen molar-refractivity contribution in [3.8, 4) is 0 Å². The maximum atomic E-state index is 10.6. The van der Waals surface area contributed by atoms with Crippen molar-refractivity contribution >= 4 is 11.8 Å². The molecule has 96 valence electrons. The zero-order valence-electron chi connectivity index (χ0n) is 10.5. The average molecular weight is 253 g/mol. The molecule has 0 unspecified atom stereocenters. The number of allylic oxidation sites excluding steroid dienone is 1. The number of nitrogens with zero attached hydrogens (tertiary/aromatic N) is 1. The van der Waals surface area contributed by atoms with Gasteiger partial charge in [-0.1, -0.05) is 54.6 Å². The summed E-state index contributed by atoms with van der Waals surface area (Å²) in [5.74, 6) is 0. The monoisotopic (exact) mass is 253 g/mol. The summed E-state index contributed by atoms with van der Waals surface area (Å²) < 4.78 is 0. The van der Waals surface area contributed by atoms with Crippen LogP contribution in [0.1, 0.15) is 17.5 Å². The van der Waals surface area contributed by atoms with Crippen LogP contribution < -0.4 is 0 Å². The molecule has 0 aromatic heterocycles. The first-order chi connectivity index (χ1) is 9.25. The topological polar surface area (TPSA) is 43.1 Å². The molecule has 0 fully saturated rings. The van der Waals surface area contributed by atoms with Gasteiger partial charge in [-0.05, 0) is 24.0 Å². The zero-order chi connectivity index (χ0) is 13.5. The zero-order valence-corrected chi connectivity index (χ0v) is 10.5. The largest absolute Gasteiger partial charge is 0.270 e. The van der Waals surface area contributed by atoms with E-state index in [-0.39, 0.29) is 10.6 Å². The van der Waals surface area contributed by atoms with Crippen LogP contribution in [0.15, 0.2) is 60.7 Å². The van der Waals surface area contributed by atoms with Crippen molar-refractivity contribution in [2.75, 3.05) is 0 Å². The van der Waals surface area contributed by atoms with Gasteiger partial charge in [-0.3, -0.25) is 10.1 Å². The molecular weight excluding hydrogens is 238 g/mol. The second-order valence-corrected chi connectivity index (χ2v) is 4.28. The summed E-state index contributed by atoms with van der Waals surface area (Å²) >= 11 is 0. The SMILES string of the molecule is O=[N+]([O-])c1cccc(/C=C\CCc2ccccc2)c1. The summed E-state index contributed by atoms with van der Waals surface area (Å²) in [6.07, 6.45) is 5.88. The predicted molar refractivity (Wildman–Crippen MR) is 76.9 cm³/mol. The highest BCUT2D eigenvalue weighted by Gasteiger charge is 2.03. The second-order valence-electron chi connectivity index (χ2n) is 4.28. The maximum absolute atomic E-state index is 10.6. The molecule has 0 amide bonds. The molecule has 0 atom stereocenters. The lowest BCUT2D eigenvalue weighted by Gasteiger charge is -1.97. The number of benzene rings is 2. The van der Waals surface area contributed by atoms with Gasteiger partial charge in [0.25, 0.3) is 5.69 Å². The first-order valence-electron chi connectivity index (χ1n) is 6.20. The highest BCUT2D eigenvalue weighted by molar-refractivity contribution is 5.53. The van der Waals surface area contributed by atoms with Crippen LogP contribution in [-0.2, 0) is 6.42 Å². The van der Waals surface area contributed by atoms with E-state index in [1.807, 2.05) is 36.4 Å². The first kappa shape index (κ1) is 13.0. The Morgan fingerprint density at radius 3 is 2.58 bits per heavy atom. The Balaban J connectivity index is 1.92. The molecule has 0 N–H and O–H groups in total. The van der Waals surface area contributed by atoms with Crippen molar-refractivity contribution in [1.82, 2.24) is 0 Å². The normalized spacial score (nSPS) is 10.7. The van der Waals surface area contributed by atoms with Crippen molar-refractivity contribution in [3.63, 3.8) is 0 Å². The van der Waals surface area contributed by atoms with E-state index < -0.39 is 0 Å². The molecule has 3 heteroatoms. The molecule has 0 spiro atoms. The molecule has 0 saturated carbocycles. The molecule has 0 aliphatic heterocycles. The van der Waals surface area contributed by atoms with E-state index >= 15 is 0 Å². The number of rotatable bonds is 5. The van der Waals surface area contributed by atoms with E-state index in [4.69, 9.17) is 0 Å². The van der Waals surface area contributed by atoms with Crippen molar-refractivity contribution in [2.24, 2.45) is 0 Å². The Bertz CT molecular complexity index is 576. The average Bonchev–Trinajstić information content (AvgIpc) is 2.45. The van der Waals surface area contributed by atoms with E-state index in [1.165, 1.54) is 11.6 Å². The van der Waals surface area contributed by atoms with Gasteiger partial charge in [0.1, 0.15) is 0 Å². The fourth-order valence-corrected chi connectivity index (χ4v) is 1.86. The molecule has 2 aromatic carbocycles. The minimum Gasteiger partial charge on any atom is -0.258 e. The number of non-ortho nitro benzene ring substituents is 1. The second kappa shape index (κ2) is 6.50. The van der Waals surface area contributed by atoms with E-state index in [2.05, 4.69) is 12.1 Å². The van der Waals surface area contributed by atoms with Crippen LogP contribution in [0.5, 0.6) is 0 Å². The van der Waals surface area contributed by atoms with Gasteiger partial charge in [0.2, 0.25) is 0 Å². The molecular formula is C16H15NO2. The van der Waals surface area contributed by atoms with Gasteiger partial charge in [0.05, 0.1) is 4.92 Å². The van der Waals surface area contributed by atoms with Crippen LogP contribution in [0.25, 0.3) is 6.08 Å². The number of nitro groups is 1. The molecule has 3 nitrogen and oxygen atoms in total. The summed E-state index contributed by atoms with van der Waals surface area (Å²) in [6.45, 7) is 0. The lowest BCUT2D eigenvalue weighted by atomic mass is 10.1. The van der Waals surface area contributed by atoms with Gasteiger partial charge in [-0.15, -0.1) is 0 Å². The van der Waals surface area contributed by atoms with Crippen LogP contribution in [0.4, 0.5) is 5.69 Å². The smallest absolute Gasteiger partial charge is 0.258 e. The highest BCUT2D eigenvalue weighted by Crippen LogP contribution is 2.14. The summed E-state index contributed by atoms with van der Waals surface area (Å²) in [5, 5.41) is 10.6. The van der Waals surface area contributed by atoms with Crippen molar-refractivity contribution in [3.05, 3.63) is 81.9 Å². The quantitative estimate of drug-likeness (QED) is 0.590. The number of aryl methyl sites for hydroxylation is 1. The van der Waals surface area contributed by atoms with Gasteiger partial charge in [-0.25, -0.2) is 0 Å². The summed E-state index contributed by atoms with van der Waals surface area (Å²) in [7, 11) is 0. The Kier molecular flexibility index (Phi) is 4.45. The fourth-order valence-electron chi connectivity index (χ4n) is 1.86. The van der Waals surface area contributed by atoms with E-state index in [9.17, 15) is 10.1 Å². The minimum absolute atomic E-state index is 0.130. The number of nitro benzene ring substituents is 1. The standard InChI is InChI=1S/C16H15NO2/c18-17(19)16-12-6-11-15(13-16)10-5-4-9-14-7-2-1-3-8-14/h1-3,5-8,10-13H,4,9H2/b10-5-. The lowest BCUT2D eigenvalue weighted by molar-refractivity contribution is -0.384. The third-order valence-electron chi connectivity index (χ3n) is 2.83. The fraction of sp³-hybridized carbons (Fsp3) is 0.125. The number of hydrogen-bond acceptors (Lipinski definition) is 2. The molecule has 0 heterocycles. The molecule has 2 aromatic rings. The van der Waals surface area contributed by atoms with Crippen LogP contribution in [0.2, 0.25) is 0 Å². The predicted octanol–water partition coefficient (Wildman–Crippen LogP) is 4.24. The molecule has 0 saturated heterocycles. The van der Waals surface area contributed by atoms with Crippen LogP contribution in [0, 0.1) is 10.1 Å². The van der Waals surface area contributed by atoms with Crippen LogP contribution in [0.3, 0.4) is 0 Å². The Labute approximate surface area is 112 Å². The third-order valence-corrected chi connectivity index (χ3v) is 2.83. The molecule has 0 bridgehead atoms. The summed E-state index contributed by atoms with van der Waals surface area (Å²) in [4.78, 5) is 10.3. The molecule has 2 rings (SSSR count). The maximum Gasteiger partial charge on any atom is 0.270 e. The van der Waals surface area contributed by atoms with Gasteiger partial charge in [0.15, 0.2) is 0 Å². The Morgan fingerprint density at radius 1 is 1.05 bits per heavy atom. The van der Waals surface area contributed by atoms with Gasteiger partial charge < -0.3 is 0 Å². The van der Waals surface area contributed by atoms with Crippen LogP contribution in [-0.4, -0.2) is 4.92 Å². The van der Waals surface area contributed by atoms with Crippen molar-refractivity contribution < 1.29 is 4.92 Å². The van der Waals surface area contributed by atoms with E-state index in [0.29, 0.717) is 0 Å². The number of hydrogen-bond donors (Lipinski definition) is 0. The Morgan fingerprint density at radius 2 is 1.84 bits per heavy atom. The summed E-state index contributed by atoms with van der Waals surface area (Å²) in [5.41, 5.74) is 2.29. The lowest BCUT2D eigenvalue weighted by Crippen LogP contribution is -1.87. The summed E-state index contributed by atoms with van der Waals surface area (Å²) in [6, 6.07) is 16.9. The van der Waals surface area contributed by atoms with Crippen LogP contribution >= 0.6 is 0 Å². The molecule has 19 heavy (non-hydrogen) atoms. The van der Waals surface area contributed by atoms with Crippen molar-refractivity contribution in [1.29, 1.82) is 0 Å². The van der Waals surface area contributed by atoms with Gasteiger partial charge in [-0.2, -0.15) is 0 Å². The Hall–Kier alpha value is -2.42. The molecule has 0 aliphatic carbocycles. The highest BCUT2D eigenvalue weighted by atomic mass is 16.6. The third kappa shape index (κ3) is 4.07. The minimum atomic E-state index is -0.374. The molecule has 0 radical (unpaired) electrons. The first-order valence-corrected chi connectivity index (χ1v) is 6.20. The van der Waals surface area contributed by atoms with E-state index in [0.717, 1.165) is 18.4 Å². The van der Waals surface area contributed by atoms with Crippen molar-refractivity contribution in [2.45, 2.75) is 12.8 Å². The van der Waals surface area contributed by atoms with Gasteiger partial charge >= 0.3 is 0 Å².